The van der Waals surface area contributed by atoms with Crippen LogP contribution in [0.25, 0.3) is 11.1 Å². The molecule has 10 rings (SSSR count). The number of carbonyl (C=O) groups excluding carboxylic acids is 2. The molecule has 14 heteroatoms. The van der Waals surface area contributed by atoms with E-state index in [1.807, 2.05) is 182 Å². The molecule has 0 bridgehead atoms. The van der Waals surface area contributed by atoms with Gasteiger partial charge in [0.2, 0.25) is 0 Å². The molecule has 0 saturated carbocycles. The van der Waals surface area contributed by atoms with Crippen LogP contribution in [0.5, 0.6) is 0 Å². The molecule has 0 unspecified atom stereocenters. The second kappa shape index (κ2) is 29.0. The molecule has 2 fully saturated rings. The maximum Gasteiger partial charge on any atom is 2.00 e. The van der Waals surface area contributed by atoms with Crippen LogP contribution in [0.1, 0.15) is 70.2 Å². The largest absolute Gasteiger partial charge is 2.00 e. The molecule has 0 amide bonds. The Morgan fingerprint density at radius 2 is 0.744 bits per heavy atom. The molecule has 8 aromatic rings. The Bertz CT molecular complexity index is 3280. The van der Waals surface area contributed by atoms with Crippen LogP contribution in [0.3, 0.4) is 0 Å². The predicted molar refractivity (Wildman–Crippen MR) is 308 cm³/mol. The zero-order valence-electron chi connectivity index (χ0n) is 44.9. The molecule has 0 spiro atoms. The average Bonchev–Trinajstić information content (AvgIpc) is 4.18. The van der Waals surface area contributed by atoms with Gasteiger partial charge in [0.1, 0.15) is 0 Å². The fourth-order valence-electron chi connectivity index (χ4n) is 10.7. The summed E-state index contributed by atoms with van der Waals surface area (Å²) in [5.41, 5.74) is 9.41. The standard InChI is InChI=1S/C68H64N6O6.2Ni/c75-65(61-31-17-41-73(61)45-49-19-5-1-6-20-49)71-57-29-15-13-27-55(57)63(53-23-9-3-10-24-53)69-59(67(77)78)43-47-33-37-51(38-34-47)52-39-35-48(36-40-52)44-60(68(79)80)70-64(54-25-11-4-12-26-54)56-28-14-16-30-58(56)72-66(76)62-32-18-42-74(62)46-50-21-7-2-8-22-50;;/h1-16,19-30,33-40,59-62H,17-18,31-32,41-46H2,(H,71,75)(H,72,76)(H,77,78)(H,79,80);;/q;2*+2/p-4/t59-,60-,61-,62-;;/m0../s1. The van der Waals surface area contributed by atoms with Gasteiger partial charge >= 0.3 is 33.0 Å². The summed E-state index contributed by atoms with van der Waals surface area (Å²) >= 11 is 0. The third-order valence-electron chi connectivity index (χ3n) is 14.8. The van der Waals surface area contributed by atoms with Crippen LogP contribution in [-0.4, -0.2) is 82.2 Å². The van der Waals surface area contributed by atoms with E-state index in [0.717, 1.165) is 59.3 Å². The summed E-state index contributed by atoms with van der Waals surface area (Å²) in [6.07, 6.45) is 3.23. The van der Waals surface area contributed by atoms with Gasteiger partial charge in [-0.1, -0.05) is 206 Å². The van der Waals surface area contributed by atoms with Crippen LogP contribution in [0, 0.1) is 0 Å². The van der Waals surface area contributed by atoms with Crippen molar-refractivity contribution in [1.29, 1.82) is 0 Å². The van der Waals surface area contributed by atoms with Gasteiger partial charge in [-0.15, -0.1) is 0 Å². The van der Waals surface area contributed by atoms with Gasteiger partial charge < -0.3 is 30.0 Å². The van der Waals surface area contributed by atoms with Crippen LogP contribution in [0.2, 0.25) is 0 Å². The van der Waals surface area contributed by atoms with Crippen molar-refractivity contribution in [3.05, 3.63) is 263 Å². The minimum Gasteiger partial charge on any atom is -0.861 e. The quantitative estimate of drug-likeness (QED) is 0.0396. The first-order valence-corrected chi connectivity index (χ1v) is 27.3. The van der Waals surface area contributed by atoms with E-state index in [1.165, 1.54) is 0 Å². The average molecular weight is 1170 g/mol. The maximum absolute atomic E-state index is 13.9. The SMILES string of the molecule is O=C([O-])[C@H](Cc1ccc(-c2ccc(C[C@H](N=C(c3ccccc3)c3ccccc3N=C([O-])[C@@H]3CCCN3Cc3ccccc3)C(=O)[O-])cc2)cc1)N=C(c1ccccc1)c1ccccc1N=C([O-])[C@@H]1CCCN1Cc1ccccc1.[Ni+2].[Ni+2]. The Balaban J connectivity index is 0.00000440. The van der Waals surface area contributed by atoms with Gasteiger partial charge in [0.05, 0.1) is 46.8 Å². The number of carboxylic acid groups (broad SMARTS) is 2. The van der Waals surface area contributed by atoms with Crippen LogP contribution >= 0.6 is 0 Å². The van der Waals surface area contributed by atoms with Gasteiger partial charge in [0, 0.05) is 60.3 Å². The summed E-state index contributed by atoms with van der Waals surface area (Å²) in [6, 6.07) is 64.9. The van der Waals surface area contributed by atoms with E-state index >= 15 is 0 Å². The van der Waals surface area contributed by atoms with Crippen molar-refractivity contribution >= 4 is 46.5 Å². The first-order chi connectivity index (χ1) is 39.1. The van der Waals surface area contributed by atoms with E-state index in [0.29, 0.717) is 71.0 Å². The number of hydrogen-bond acceptors (Lipinski definition) is 12. The normalized spacial score (nSPS) is 16.9. The van der Waals surface area contributed by atoms with Gasteiger partial charge in [0.15, 0.2) is 0 Å². The molecular weight excluding hydrogens is 1110 g/mol. The van der Waals surface area contributed by atoms with Gasteiger partial charge in [-0.2, -0.15) is 0 Å². The Kier molecular flexibility index (Phi) is 21.2. The first kappa shape index (κ1) is 60.0. The van der Waals surface area contributed by atoms with Crippen molar-refractivity contribution in [2.24, 2.45) is 20.0 Å². The molecule has 0 aromatic heterocycles. The maximum atomic E-state index is 13.9. The molecule has 2 aliphatic rings. The minimum absolute atomic E-state index is 0. The summed E-state index contributed by atoms with van der Waals surface area (Å²) in [5.74, 6) is -3.19. The number of para-hydroxylation sites is 2. The molecular formula is C68H60N6Ni2O6. The molecule has 2 aliphatic heterocycles. The fourth-order valence-corrected chi connectivity index (χ4v) is 10.7. The number of aliphatic carboxylic acids is 2. The van der Waals surface area contributed by atoms with Gasteiger partial charge in [-0.3, -0.25) is 29.8 Å². The number of benzene rings is 8. The molecule has 4 atom stereocenters. The van der Waals surface area contributed by atoms with Crippen LogP contribution in [-0.2, 0) is 68.5 Å². The van der Waals surface area contributed by atoms with Crippen LogP contribution < -0.4 is 20.4 Å². The van der Waals surface area contributed by atoms with E-state index in [1.54, 1.807) is 12.1 Å². The molecule has 2 saturated heterocycles. The molecule has 2 heterocycles. The Labute approximate surface area is 499 Å². The van der Waals surface area contributed by atoms with Gasteiger partial charge in [-0.25, -0.2) is 0 Å². The van der Waals surface area contributed by atoms with E-state index in [4.69, 9.17) is 9.98 Å². The summed E-state index contributed by atoms with van der Waals surface area (Å²) in [4.78, 5) is 49.3. The summed E-state index contributed by atoms with van der Waals surface area (Å²) in [5, 5.41) is 53.8. The number of carbonyl (C=O) groups is 2. The number of rotatable bonds is 21. The van der Waals surface area contributed by atoms with Gasteiger partial charge in [-0.05, 0) is 96.1 Å². The minimum atomic E-state index is -1.35. The van der Waals surface area contributed by atoms with Crippen LogP contribution in [0.4, 0.5) is 11.4 Å². The molecule has 0 N–H and O–H groups in total. The molecule has 8 aromatic carbocycles. The van der Waals surface area contributed by atoms with E-state index in [-0.39, 0.29) is 69.7 Å². The Morgan fingerprint density at radius 1 is 0.415 bits per heavy atom. The Morgan fingerprint density at radius 3 is 1.10 bits per heavy atom. The molecule has 0 radical (unpaired) electrons. The second-order valence-electron chi connectivity index (χ2n) is 20.3. The van der Waals surface area contributed by atoms with Gasteiger partial charge in [0.25, 0.3) is 0 Å². The number of hydrogen-bond donors (Lipinski definition) is 0. The number of likely N-dealkylation sites (tertiary alicyclic amines) is 2. The smallest absolute Gasteiger partial charge is 0.861 e. The van der Waals surface area contributed by atoms with Crippen LogP contribution in [0.15, 0.2) is 238 Å². The summed E-state index contributed by atoms with van der Waals surface area (Å²) in [7, 11) is 0. The zero-order valence-corrected chi connectivity index (χ0v) is 46.9. The summed E-state index contributed by atoms with van der Waals surface area (Å²) in [6.45, 7) is 2.86. The first-order valence-electron chi connectivity index (χ1n) is 27.3. The van der Waals surface area contributed by atoms with E-state index < -0.39 is 24.0 Å². The zero-order chi connectivity index (χ0) is 55.2. The second-order valence-corrected chi connectivity index (χ2v) is 20.3. The molecule has 12 nitrogen and oxygen atoms in total. The van der Waals surface area contributed by atoms with Crippen molar-refractivity contribution < 1.29 is 63.0 Å². The molecule has 418 valence electrons. The summed E-state index contributed by atoms with van der Waals surface area (Å²) < 4.78 is 0. The van der Waals surface area contributed by atoms with Crippen molar-refractivity contribution in [2.45, 2.75) is 75.8 Å². The molecule has 0 aliphatic carbocycles. The third-order valence-corrected chi connectivity index (χ3v) is 14.8. The Hall–Kier alpha value is -8.11. The number of nitrogens with zero attached hydrogens (tertiary/aromatic N) is 6. The van der Waals surface area contributed by atoms with E-state index in [9.17, 15) is 30.0 Å². The monoisotopic (exact) mass is 1170 g/mol. The predicted octanol–water partition coefficient (Wildman–Crippen LogP) is 7.86. The van der Waals surface area contributed by atoms with Crippen molar-refractivity contribution in [2.75, 3.05) is 13.1 Å². The van der Waals surface area contributed by atoms with Crippen molar-refractivity contribution in [3.8, 4) is 11.1 Å². The topological polar surface area (TPSA) is 182 Å². The number of aliphatic imine (C=N–C) groups is 4. The van der Waals surface area contributed by atoms with Crippen molar-refractivity contribution in [1.82, 2.24) is 9.80 Å². The number of carboxylic acids is 2. The molecule has 82 heavy (non-hydrogen) atoms. The van der Waals surface area contributed by atoms with Crippen molar-refractivity contribution in [3.63, 3.8) is 0 Å². The van der Waals surface area contributed by atoms with E-state index in [2.05, 4.69) is 44.1 Å². The third kappa shape index (κ3) is 15.3. The fraction of sp³-hybridized carbons (Fsp3) is 0.206.